The number of hydrogen-bond donors (Lipinski definition) is 3. The highest BCUT2D eigenvalue weighted by Crippen LogP contribution is 2.16. The van der Waals surface area contributed by atoms with Crippen molar-refractivity contribution in [3.8, 4) is 0 Å². The van der Waals surface area contributed by atoms with E-state index in [0.717, 1.165) is 0 Å². The van der Waals surface area contributed by atoms with E-state index in [4.69, 9.17) is 20.1 Å². The van der Waals surface area contributed by atoms with Crippen LogP contribution in [0.1, 0.15) is 72.1 Å². The number of alkyl carbamates (subject to hydrolysis) is 1. The van der Waals surface area contributed by atoms with Crippen LogP contribution in [0.25, 0.3) is 0 Å². The van der Waals surface area contributed by atoms with Crippen LogP contribution in [0.15, 0.2) is 0 Å². The Hall–Kier alpha value is -3.83. The van der Waals surface area contributed by atoms with Gasteiger partial charge in [0.05, 0.1) is 12.8 Å². The number of hydroxylamine groups is 4. The molecule has 2 fully saturated rings. The largest absolute Gasteiger partial charge is 0.444 e. The Kier molecular flexibility index (Phi) is 14.4. The first-order chi connectivity index (χ1) is 20.7. The van der Waals surface area contributed by atoms with Gasteiger partial charge in [-0.25, -0.2) is 9.59 Å². The summed E-state index contributed by atoms with van der Waals surface area (Å²) in [5.74, 6) is -3.69. The fourth-order valence-electron chi connectivity index (χ4n) is 4.25. The van der Waals surface area contributed by atoms with Crippen molar-refractivity contribution in [2.24, 2.45) is 5.73 Å². The molecule has 0 spiro atoms. The minimum absolute atomic E-state index is 0.0160. The van der Waals surface area contributed by atoms with Crippen LogP contribution in [0.3, 0.4) is 0 Å². The molecule has 17 nitrogen and oxygen atoms in total. The van der Waals surface area contributed by atoms with Crippen molar-refractivity contribution in [3.63, 3.8) is 0 Å². The maximum absolute atomic E-state index is 13.1. The van der Waals surface area contributed by atoms with Crippen LogP contribution >= 0.6 is 0 Å². The Balaban J connectivity index is 2.01. The third-order valence-corrected chi connectivity index (χ3v) is 6.47. The Morgan fingerprint density at radius 1 is 0.886 bits per heavy atom. The molecule has 4 N–H and O–H groups in total. The molecule has 2 heterocycles. The van der Waals surface area contributed by atoms with Gasteiger partial charge in [0.15, 0.2) is 0 Å². The van der Waals surface area contributed by atoms with E-state index in [9.17, 15) is 38.7 Å². The average molecular weight is 629 g/mol. The van der Waals surface area contributed by atoms with E-state index in [0.29, 0.717) is 24.4 Å². The lowest BCUT2D eigenvalue weighted by atomic mass is 10.2. The summed E-state index contributed by atoms with van der Waals surface area (Å²) in [4.78, 5) is 98.8. The summed E-state index contributed by atoms with van der Waals surface area (Å²) in [6, 6.07) is 0. The van der Waals surface area contributed by atoms with Crippen LogP contribution in [0, 0.1) is 0 Å². The molecule has 2 saturated heterocycles. The molecule has 0 aromatic rings. The molecule has 44 heavy (non-hydrogen) atoms. The molecule has 0 aliphatic carbocycles. The van der Waals surface area contributed by atoms with E-state index in [1.165, 1.54) is 14.9 Å². The molecule has 2 aliphatic heterocycles. The zero-order chi connectivity index (χ0) is 32.9. The summed E-state index contributed by atoms with van der Waals surface area (Å²) in [5.41, 5.74) is 4.81. The summed E-state index contributed by atoms with van der Waals surface area (Å²) in [6.07, 6.45) is -1.33. The molecular formula is C27H44N6O11. The number of amides is 5. The second-order valence-electron chi connectivity index (χ2n) is 11.3. The van der Waals surface area contributed by atoms with Gasteiger partial charge in [-0.1, -0.05) is 0 Å². The summed E-state index contributed by atoms with van der Waals surface area (Å²) in [5, 5.41) is 13.9. The van der Waals surface area contributed by atoms with Crippen LogP contribution in [-0.2, 0) is 43.2 Å². The van der Waals surface area contributed by atoms with Crippen LogP contribution in [-0.4, -0.2) is 124 Å². The lowest BCUT2D eigenvalue weighted by molar-refractivity contribution is -0.219. The van der Waals surface area contributed by atoms with Crippen molar-refractivity contribution >= 4 is 41.7 Å². The molecule has 0 radical (unpaired) electrons. The highest BCUT2D eigenvalue weighted by atomic mass is 16.7. The number of ether oxygens (including phenoxy) is 1. The van der Waals surface area contributed by atoms with Crippen molar-refractivity contribution in [2.45, 2.75) is 84.0 Å². The van der Waals surface area contributed by atoms with Crippen LogP contribution in [0.2, 0.25) is 0 Å². The van der Waals surface area contributed by atoms with Gasteiger partial charge in [-0.2, -0.15) is 0 Å². The van der Waals surface area contributed by atoms with Gasteiger partial charge < -0.3 is 40.4 Å². The Labute approximate surface area is 255 Å². The van der Waals surface area contributed by atoms with Crippen LogP contribution in [0.4, 0.5) is 4.79 Å². The Morgan fingerprint density at radius 3 is 1.93 bits per heavy atom. The van der Waals surface area contributed by atoms with Crippen molar-refractivity contribution in [1.82, 2.24) is 25.2 Å². The zero-order valence-corrected chi connectivity index (χ0v) is 25.6. The molecule has 1 atom stereocenters. The Bertz CT molecular complexity index is 1050. The van der Waals surface area contributed by atoms with E-state index in [-0.39, 0.29) is 83.7 Å². The zero-order valence-electron chi connectivity index (χ0n) is 25.6. The summed E-state index contributed by atoms with van der Waals surface area (Å²) in [6.45, 7) is 5.12. The summed E-state index contributed by atoms with van der Waals surface area (Å²) in [7, 11) is 0. The molecule has 1 unspecified atom stereocenters. The molecule has 2 aliphatic rings. The first kappa shape index (κ1) is 36.4. The highest BCUT2D eigenvalue weighted by Gasteiger charge is 2.33. The first-order valence-electron chi connectivity index (χ1n) is 14.6. The van der Waals surface area contributed by atoms with Gasteiger partial charge in [-0.3, -0.25) is 24.0 Å². The third kappa shape index (κ3) is 12.8. The number of nitrogens with one attached hydrogen (secondary N) is 1. The standard InChI is InChI=1S/C27H44N6O11/c1-27(2,3)42-26(41)29-13-9-20(35)31(16-11-25(40)44-33-22(37)6-7-23(33)38)18-17-30(19(34)8-12-28)15-10-24(39)43-32-14-4-5-21(32)36/h21,36H,4-18,28H2,1-3H3,(H,29,41). The van der Waals surface area contributed by atoms with E-state index in [2.05, 4.69) is 5.32 Å². The van der Waals surface area contributed by atoms with Gasteiger partial charge in [-0.05, 0) is 33.6 Å². The number of aliphatic hydroxyl groups excluding tert-OH is 1. The first-order valence-corrected chi connectivity index (χ1v) is 14.6. The predicted molar refractivity (Wildman–Crippen MR) is 150 cm³/mol. The lowest BCUT2D eigenvalue weighted by Gasteiger charge is -2.28. The van der Waals surface area contributed by atoms with Crippen molar-refractivity contribution < 1.29 is 53.1 Å². The highest BCUT2D eigenvalue weighted by molar-refractivity contribution is 6.01. The molecule has 0 saturated carbocycles. The second kappa shape index (κ2) is 17.5. The number of imide groups is 1. The molecule has 0 bridgehead atoms. The third-order valence-electron chi connectivity index (χ3n) is 6.47. The van der Waals surface area contributed by atoms with Gasteiger partial charge in [0.1, 0.15) is 11.8 Å². The molecule has 248 valence electrons. The number of carbonyl (C=O) groups is 7. The molecule has 0 aromatic heterocycles. The molecule has 2 rings (SSSR count). The van der Waals surface area contributed by atoms with Crippen LogP contribution < -0.4 is 11.1 Å². The minimum atomic E-state index is -0.916. The summed E-state index contributed by atoms with van der Waals surface area (Å²) < 4.78 is 5.16. The number of rotatable bonds is 16. The maximum atomic E-state index is 13.1. The number of nitrogens with two attached hydrogens (primary N) is 1. The minimum Gasteiger partial charge on any atom is -0.444 e. The number of nitrogens with zero attached hydrogens (tertiary/aromatic N) is 4. The van der Waals surface area contributed by atoms with E-state index < -0.39 is 47.6 Å². The van der Waals surface area contributed by atoms with Gasteiger partial charge >= 0.3 is 18.0 Å². The fraction of sp³-hybridized carbons (Fsp3) is 0.741. The van der Waals surface area contributed by atoms with E-state index >= 15 is 0 Å². The normalized spacial score (nSPS) is 16.9. The number of aliphatic hydroxyl groups is 1. The topological polar surface area (TPSA) is 218 Å². The van der Waals surface area contributed by atoms with E-state index in [1.807, 2.05) is 0 Å². The van der Waals surface area contributed by atoms with Crippen LogP contribution in [0.5, 0.6) is 0 Å². The molecule has 17 heteroatoms. The predicted octanol–water partition coefficient (Wildman–Crippen LogP) is -0.833. The molecular weight excluding hydrogens is 584 g/mol. The SMILES string of the molecule is CC(C)(C)OC(=O)NCCC(=O)N(CCC(=O)ON1C(=O)CCC1=O)CCN(CCC(=O)ON1CCCC1O)C(=O)CCN. The monoisotopic (exact) mass is 628 g/mol. The van der Waals surface area contributed by atoms with E-state index in [1.54, 1.807) is 20.8 Å². The maximum Gasteiger partial charge on any atom is 0.407 e. The van der Waals surface area contributed by atoms with Crippen molar-refractivity contribution in [1.29, 1.82) is 0 Å². The number of carbonyl (C=O) groups excluding carboxylic acids is 7. The lowest BCUT2D eigenvalue weighted by Crippen LogP contribution is -2.44. The van der Waals surface area contributed by atoms with Crippen molar-refractivity contribution in [2.75, 3.05) is 45.8 Å². The smallest absolute Gasteiger partial charge is 0.407 e. The van der Waals surface area contributed by atoms with Crippen molar-refractivity contribution in [3.05, 3.63) is 0 Å². The van der Waals surface area contributed by atoms with Gasteiger partial charge in [-0.15, -0.1) is 10.1 Å². The quantitative estimate of drug-likeness (QED) is 0.178. The molecule has 5 amide bonds. The van der Waals surface area contributed by atoms with Gasteiger partial charge in [0.2, 0.25) is 11.8 Å². The number of hydrogen-bond acceptors (Lipinski definition) is 13. The Morgan fingerprint density at radius 2 is 1.43 bits per heavy atom. The second-order valence-corrected chi connectivity index (χ2v) is 11.3. The summed E-state index contributed by atoms with van der Waals surface area (Å²) >= 11 is 0. The van der Waals surface area contributed by atoms with Gasteiger partial charge in [0.25, 0.3) is 11.8 Å². The van der Waals surface area contributed by atoms with Gasteiger partial charge in [0, 0.05) is 71.5 Å². The fourth-order valence-corrected chi connectivity index (χ4v) is 4.25. The average Bonchev–Trinajstić information content (AvgIpc) is 3.48. The molecule has 0 aromatic carbocycles.